The van der Waals surface area contributed by atoms with Crippen LogP contribution in [-0.4, -0.2) is 36.6 Å². The summed E-state index contributed by atoms with van der Waals surface area (Å²) < 4.78 is 8.77. The van der Waals surface area contributed by atoms with E-state index in [-0.39, 0.29) is 6.23 Å². The molecule has 0 spiro atoms. The topological polar surface area (TPSA) is 70.7 Å². The van der Waals surface area contributed by atoms with Gasteiger partial charge in [-0.2, -0.15) is 5.10 Å². The molecule has 1 fully saturated rings. The molecule has 0 saturated carbocycles. The number of tetrazole rings is 1. The standard InChI is InChI=1S/C32H27BrN6O/c33-30-27-22-23(19-20-28(27)38(35-30)29-18-10-11-21-40-29)31-34-37-39(36-31)32(24-12-4-1-5-13-24,25-14-6-2-7-15-25)26-16-8-3-9-17-26/h1-9,12-17,19-20,22,29H,10-11,18,21H2. The maximum atomic E-state index is 6.01. The van der Waals surface area contributed by atoms with E-state index >= 15 is 0 Å². The Morgan fingerprint density at radius 2 is 1.38 bits per heavy atom. The molecule has 1 aliphatic heterocycles. The highest BCUT2D eigenvalue weighted by Gasteiger charge is 2.41. The van der Waals surface area contributed by atoms with Gasteiger partial charge in [0.1, 0.15) is 4.60 Å². The van der Waals surface area contributed by atoms with Gasteiger partial charge < -0.3 is 4.74 Å². The zero-order valence-corrected chi connectivity index (χ0v) is 23.4. The Bertz CT molecular complexity index is 1650. The normalized spacial score (nSPS) is 15.9. The molecule has 1 atom stereocenters. The molecule has 1 unspecified atom stereocenters. The van der Waals surface area contributed by atoms with Gasteiger partial charge in [-0.25, -0.2) is 4.68 Å². The van der Waals surface area contributed by atoms with Crippen LogP contribution in [-0.2, 0) is 10.3 Å². The first-order chi connectivity index (χ1) is 19.7. The van der Waals surface area contributed by atoms with Gasteiger partial charge in [-0.15, -0.1) is 15.0 Å². The third kappa shape index (κ3) is 4.15. The molecular weight excluding hydrogens is 564 g/mol. The van der Waals surface area contributed by atoms with Crippen LogP contribution >= 0.6 is 15.9 Å². The van der Waals surface area contributed by atoms with E-state index in [1.165, 1.54) is 0 Å². The van der Waals surface area contributed by atoms with Crippen molar-refractivity contribution in [2.24, 2.45) is 0 Å². The van der Waals surface area contributed by atoms with Gasteiger partial charge in [0.2, 0.25) is 5.82 Å². The van der Waals surface area contributed by atoms with E-state index in [4.69, 9.17) is 14.9 Å². The second kappa shape index (κ2) is 10.4. The third-order valence-electron chi connectivity index (χ3n) is 7.64. The SMILES string of the molecule is Brc1nn(C2CCCCO2)c2ccc(-c3nnn(C(c4ccccc4)(c4ccccc4)c4ccccc4)n3)cc12. The van der Waals surface area contributed by atoms with Crippen molar-refractivity contribution in [1.82, 2.24) is 30.0 Å². The summed E-state index contributed by atoms with van der Waals surface area (Å²) in [6.07, 6.45) is 3.15. The molecule has 3 heterocycles. The molecule has 0 bridgehead atoms. The van der Waals surface area contributed by atoms with Crippen LogP contribution in [0.2, 0.25) is 0 Å². The summed E-state index contributed by atoms with van der Waals surface area (Å²) in [5.74, 6) is 0.544. The summed E-state index contributed by atoms with van der Waals surface area (Å²) in [5, 5.41) is 20.1. The van der Waals surface area contributed by atoms with Crippen LogP contribution in [0.15, 0.2) is 114 Å². The number of nitrogens with zero attached hydrogens (tertiary/aromatic N) is 6. The molecule has 0 radical (unpaired) electrons. The van der Waals surface area contributed by atoms with Crippen LogP contribution in [0.5, 0.6) is 0 Å². The summed E-state index contributed by atoms with van der Waals surface area (Å²) in [7, 11) is 0. The maximum absolute atomic E-state index is 6.01. The fraction of sp³-hybridized carbons (Fsp3) is 0.188. The minimum atomic E-state index is -0.817. The lowest BCUT2D eigenvalue weighted by Gasteiger charge is -2.34. The van der Waals surface area contributed by atoms with Crippen molar-refractivity contribution in [3.8, 4) is 11.4 Å². The average molecular weight is 592 g/mol. The Kier molecular flexibility index (Phi) is 6.49. The maximum Gasteiger partial charge on any atom is 0.205 e. The van der Waals surface area contributed by atoms with Crippen molar-refractivity contribution in [1.29, 1.82) is 0 Å². The number of halogens is 1. The number of hydrogen-bond acceptors (Lipinski definition) is 5. The second-order valence-corrected chi connectivity index (χ2v) is 10.8. The monoisotopic (exact) mass is 590 g/mol. The van der Waals surface area contributed by atoms with E-state index in [1.54, 1.807) is 4.80 Å². The molecule has 7 nitrogen and oxygen atoms in total. The van der Waals surface area contributed by atoms with E-state index < -0.39 is 5.54 Å². The van der Waals surface area contributed by atoms with Gasteiger partial charge in [0.15, 0.2) is 11.8 Å². The smallest absolute Gasteiger partial charge is 0.205 e. The molecule has 0 N–H and O–H groups in total. The van der Waals surface area contributed by atoms with Crippen molar-refractivity contribution < 1.29 is 4.74 Å². The molecule has 1 aliphatic rings. The van der Waals surface area contributed by atoms with Crippen LogP contribution in [0.4, 0.5) is 0 Å². The molecule has 4 aromatic carbocycles. The molecule has 0 amide bonds. The van der Waals surface area contributed by atoms with Crippen LogP contribution in [0.3, 0.4) is 0 Å². The fourth-order valence-corrected chi connectivity index (χ4v) is 6.22. The second-order valence-electron chi connectivity index (χ2n) is 10.00. The molecule has 6 aromatic rings. The van der Waals surface area contributed by atoms with Crippen LogP contribution < -0.4 is 0 Å². The average Bonchev–Trinajstić information content (AvgIpc) is 3.65. The minimum absolute atomic E-state index is 0.0457. The van der Waals surface area contributed by atoms with Crippen molar-refractivity contribution in [3.05, 3.63) is 130 Å². The first kappa shape index (κ1) is 24.9. The van der Waals surface area contributed by atoms with Crippen LogP contribution in [0.25, 0.3) is 22.3 Å². The molecule has 0 aliphatic carbocycles. The highest BCUT2D eigenvalue weighted by Crippen LogP contribution is 2.40. The third-order valence-corrected chi connectivity index (χ3v) is 8.22. The molecule has 2 aromatic heterocycles. The Morgan fingerprint density at radius 1 is 0.750 bits per heavy atom. The van der Waals surface area contributed by atoms with Gasteiger partial charge in [0.05, 0.1) is 5.52 Å². The predicted octanol–water partition coefficient (Wildman–Crippen LogP) is 6.99. The molecule has 8 heteroatoms. The van der Waals surface area contributed by atoms with Gasteiger partial charge in [0, 0.05) is 17.6 Å². The van der Waals surface area contributed by atoms with Crippen molar-refractivity contribution in [2.45, 2.75) is 31.0 Å². The minimum Gasteiger partial charge on any atom is -0.356 e. The molecular formula is C32H27BrN6O. The van der Waals surface area contributed by atoms with Gasteiger partial charge in [-0.3, -0.25) is 0 Å². The number of hydrogen-bond donors (Lipinski definition) is 0. The van der Waals surface area contributed by atoms with E-state index in [9.17, 15) is 0 Å². The number of ether oxygens (including phenoxy) is 1. The first-order valence-corrected chi connectivity index (χ1v) is 14.3. The summed E-state index contributed by atoms with van der Waals surface area (Å²) >= 11 is 3.67. The van der Waals surface area contributed by atoms with E-state index in [2.05, 4.69) is 74.8 Å². The zero-order valence-electron chi connectivity index (χ0n) is 21.8. The quantitative estimate of drug-likeness (QED) is 0.195. The van der Waals surface area contributed by atoms with E-state index in [1.807, 2.05) is 65.3 Å². The molecule has 1 saturated heterocycles. The summed E-state index contributed by atoms with van der Waals surface area (Å²) in [4.78, 5) is 1.75. The summed E-state index contributed by atoms with van der Waals surface area (Å²) in [5.41, 5.74) is 4.20. The Morgan fingerprint density at radius 3 is 1.95 bits per heavy atom. The predicted molar refractivity (Wildman–Crippen MR) is 158 cm³/mol. The number of benzene rings is 4. The highest BCUT2D eigenvalue weighted by molar-refractivity contribution is 9.10. The zero-order chi connectivity index (χ0) is 26.9. The number of fused-ring (bicyclic) bond motifs is 1. The lowest BCUT2D eigenvalue weighted by molar-refractivity contribution is -0.0368. The lowest BCUT2D eigenvalue weighted by atomic mass is 9.77. The van der Waals surface area contributed by atoms with E-state index in [0.717, 1.165) is 63.6 Å². The summed E-state index contributed by atoms with van der Waals surface area (Å²) in [6, 6.07) is 37.3. The number of rotatable bonds is 6. The Balaban J connectivity index is 1.38. The van der Waals surface area contributed by atoms with Crippen LogP contribution in [0.1, 0.15) is 42.2 Å². The fourth-order valence-electron chi connectivity index (χ4n) is 5.74. The van der Waals surface area contributed by atoms with Gasteiger partial charge >= 0.3 is 0 Å². The van der Waals surface area contributed by atoms with Gasteiger partial charge in [-0.05, 0) is 75.3 Å². The lowest BCUT2D eigenvalue weighted by Crippen LogP contribution is -2.39. The summed E-state index contributed by atoms with van der Waals surface area (Å²) in [6.45, 7) is 0.765. The highest BCUT2D eigenvalue weighted by atomic mass is 79.9. The van der Waals surface area contributed by atoms with Crippen molar-refractivity contribution in [3.63, 3.8) is 0 Å². The number of aromatic nitrogens is 6. The van der Waals surface area contributed by atoms with Crippen molar-refractivity contribution in [2.75, 3.05) is 6.61 Å². The van der Waals surface area contributed by atoms with E-state index in [0.29, 0.717) is 5.82 Å². The molecule has 7 rings (SSSR count). The van der Waals surface area contributed by atoms with Crippen molar-refractivity contribution >= 4 is 26.8 Å². The molecule has 40 heavy (non-hydrogen) atoms. The Labute approximate surface area is 240 Å². The first-order valence-electron chi connectivity index (χ1n) is 13.5. The Hall–Kier alpha value is -4.14. The van der Waals surface area contributed by atoms with Gasteiger partial charge in [0.25, 0.3) is 0 Å². The largest absolute Gasteiger partial charge is 0.356 e. The van der Waals surface area contributed by atoms with Crippen LogP contribution in [0, 0.1) is 0 Å². The van der Waals surface area contributed by atoms with Gasteiger partial charge in [-0.1, -0.05) is 91.0 Å². The molecule has 198 valence electrons.